The summed E-state index contributed by atoms with van der Waals surface area (Å²) in [6.07, 6.45) is 0. The highest BCUT2D eigenvalue weighted by Gasteiger charge is 2.16. The Balaban J connectivity index is 1.64. The second-order valence-corrected chi connectivity index (χ2v) is 8.52. The molecule has 2 heterocycles. The quantitative estimate of drug-likeness (QED) is 0.239. The van der Waals surface area contributed by atoms with Gasteiger partial charge in [-0.25, -0.2) is 9.47 Å². The highest BCUT2D eigenvalue weighted by Crippen LogP contribution is 2.32. The van der Waals surface area contributed by atoms with Gasteiger partial charge in [0.1, 0.15) is 5.58 Å². The Morgan fingerprint density at radius 1 is 1.14 bits per heavy atom. The molecule has 10 heteroatoms. The molecule has 0 atom stereocenters. The Hall–Kier alpha value is -2.00. The van der Waals surface area contributed by atoms with E-state index in [0.29, 0.717) is 37.9 Å². The molecule has 142 valence electrons. The molecular formula is C18H11BrCl2N4O2S. The molecule has 0 unspecified atom stereocenters. The fourth-order valence-electron chi connectivity index (χ4n) is 2.70. The highest BCUT2D eigenvalue weighted by molar-refractivity contribution is 9.10. The van der Waals surface area contributed by atoms with E-state index in [1.54, 1.807) is 24.3 Å². The van der Waals surface area contributed by atoms with Gasteiger partial charge in [-0.3, -0.25) is 0 Å². The van der Waals surface area contributed by atoms with Crippen molar-refractivity contribution < 1.29 is 4.42 Å². The van der Waals surface area contributed by atoms with Gasteiger partial charge in [-0.05, 0) is 42.0 Å². The summed E-state index contributed by atoms with van der Waals surface area (Å²) in [6, 6.07) is 12.1. The summed E-state index contributed by atoms with van der Waals surface area (Å²) in [5.74, 6) is 7.05. The van der Waals surface area contributed by atoms with Crippen LogP contribution in [0.15, 0.2) is 61.3 Å². The van der Waals surface area contributed by atoms with Crippen LogP contribution in [-0.2, 0) is 5.75 Å². The van der Waals surface area contributed by atoms with Gasteiger partial charge in [0, 0.05) is 32.3 Å². The zero-order valence-corrected chi connectivity index (χ0v) is 17.9. The minimum atomic E-state index is -0.413. The van der Waals surface area contributed by atoms with E-state index in [9.17, 15) is 4.79 Å². The maximum absolute atomic E-state index is 11.9. The van der Waals surface area contributed by atoms with E-state index in [2.05, 4.69) is 26.1 Å². The SMILES string of the molecule is Nn1c(SCc2cc(=O)oc3cc(Br)ccc23)nnc1-c1ccc(Cl)cc1Cl. The fourth-order valence-corrected chi connectivity index (χ4v) is 4.38. The number of hydrogen-bond acceptors (Lipinski definition) is 6. The number of nitrogens with two attached hydrogens (primary N) is 1. The summed E-state index contributed by atoms with van der Waals surface area (Å²) < 4.78 is 7.46. The second-order valence-electron chi connectivity index (χ2n) is 5.82. The van der Waals surface area contributed by atoms with Crippen LogP contribution in [0.5, 0.6) is 0 Å². The molecule has 6 nitrogen and oxygen atoms in total. The van der Waals surface area contributed by atoms with Crippen LogP contribution >= 0.6 is 50.9 Å². The number of aromatic nitrogens is 3. The predicted molar refractivity (Wildman–Crippen MR) is 115 cm³/mol. The molecule has 0 saturated heterocycles. The van der Waals surface area contributed by atoms with Crippen LogP contribution in [0, 0.1) is 0 Å². The monoisotopic (exact) mass is 496 g/mol. The molecule has 0 aliphatic carbocycles. The van der Waals surface area contributed by atoms with Gasteiger partial charge in [0.05, 0.1) is 5.02 Å². The molecule has 28 heavy (non-hydrogen) atoms. The Morgan fingerprint density at radius 2 is 1.96 bits per heavy atom. The highest BCUT2D eigenvalue weighted by atomic mass is 79.9. The van der Waals surface area contributed by atoms with Crippen LogP contribution in [0.1, 0.15) is 5.56 Å². The number of benzene rings is 2. The number of nitrogen functional groups attached to an aromatic ring is 1. The van der Waals surface area contributed by atoms with Crippen molar-refractivity contribution in [3.05, 3.63) is 73.0 Å². The maximum atomic E-state index is 11.9. The summed E-state index contributed by atoms with van der Waals surface area (Å²) in [6.45, 7) is 0. The molecule has 0 fully saturated rings. The van der Waals surface area contributed by atoms with Gasteiger partial charge in [0.25, 0.3) is 0 Å². The lowest BCUT2D eigenvalue weighted by Crippen LogP contribution is -2.11. The van der Waals surface area contributed by atoms with Gasteiger partial charge < -0.3 is 10.3 Å². The molecule has 4 rings (SSSR count). The molecule has 2 aromatic carbocycles. The fraction of sp³-hybridized carbons (Fsp3) is 0.0556. The van der Waals surface area contributed by atoms with Crippen LogP contribution in [0.25, 0.3) is 22.4 Å². The Labute approximate surface area is 181 Å². The van der Waals surface area contributed by atoms with Crippen molar-refractivity contribution in [2.45, 2.75) is 10.9 Å². The first-order valence-corrected chi connectivity index (χ1v) is 10.5. The summed E-state index contributed by atoms with van der Waals surface area (Å²) in [5, 5.41) is 10.6. The third-order valence-corrected chi connectivity index (χ3v) is 6.02. The van der Waals surface area contributed by atoms with Crippen molar-refractivity contribution >= 4 is 61.9 Å². The van der Waals surface area contributed by atoms with Gasteiger partial charge in [-0.1, -0.05) is 50.9 Å². The number of fused-ring (bicyclic) bond motifs is 1. The van der Waals surface area contributed by atoms with Crippen molar-refractivity contribution in [1.29, 1.82) is 0 Å². The van der Waals surface area contributed by atoms with Gasteiger partial charge in [0.15, 0.2) is 5.82 Å². The largest absolute Gasteiger partial charge is 0.423 e. The minimum Gasteiger partial charge on any atom is -0.423 e. The molecule has 0 amide bonds. The average Bonchev–Trinajstić information content (AvgIpc) is 2.99. The summed E-state index contributed by atoms with van der Waals surface area (Å²) in [7, 11) is 0. The summed E-state index contributed by atoms with van der Waals surface area (Å²) in [4.78, 5) is 11.9. The first-order chi connectivity index (χ1) is 13.4. The Bertz CT molecular complexity index is 1260. The first kappa shape index (κ1) is 19.3. The lowest BCUT2D eigenvalue weighted by Gasteiger charge is -2.07. The molecule has 2 N–H and O–H groups in total. The van der Waals surface area contributed by atoms with E-state index in [-0.39, 0.29) is 0 Å². The van der Waals surface area contributed by atoms with Crippen molar-refractivity contribution in [3.63, 3.8) is 0 Å². The average molecular weight is 498 g/mol. The first-order valence-electron chi connectivity index (χ1n) is 7.93. The maximum Gasteiger partial charge on any atom is 0.336 e. The Morgan fingerprint density at radius 3 is 2.75 bits per heavy atom. The molecule has 0 saturated carbocycles. The predicted octanol–water partition coefficient (Wildman–Crippen LogP) is 5.13. The van der Waals surface area contributed by atoms with Crippen molar-refractivity contribution in [1.82, 2.24) is 14.9 Å². The normalized spacial score (nSPS) is 11.2. The zero-order valence-electron chi connectivity index (χ0n) is 14.0. The lowest BCUT2D eigenvalue weighted by atomic mass is 10.1. The molecule has 0 aliphatic heterocycles. The number of nitrogens with zero attached hydrogens (tertiary/aromatic N) is 3. The van der Waals surface area contributed by atoms with E-state index < -0.39 is 5.63 Å². The standard InChI is InChI=1S/C18H11BrCl2N4O2S/c19-10-1-3-12-9(5-16(26)27-15(12)6-10)8-28-18-24-23-17(25(18)22)13-4-2-11(20)7-14(13)21/h1-7H,8,22H2. The van der Waals surface area contributed by atoms with Gasteiger partial charge >= 0.3 is 5.63 Å². The number of rotatable bonds is 4. The molecular weight excluding hydrogens is 487 g/mol. The van der Waals surface area contributed by atoms with E-state index in [1.165, 1.54) is 22.5 Å². The molecule has 0 spiro atoms. The van der Waals surface area contributed by atoms with E-state index in [4.69, 9.17) is 33.5 Å². The van der Waals surface area contributed by atoms with Crippen molar-refractivity contribution in [2.75, 3.05) is 5.84 Å². The second kappa shape index (κ2) is 7.79. The molecule has 2 aromatic heterocycles. The van der Waals surface area contributed by atoms with Crippen LogP contribution < -0.4 is 11.5 Å². The van der Waals surface area contributed by atoms with E-state index in [0.717, 1.165) is 15.4 Å². The lowest BCUT2D eigenvalue weighted by molar-refractivity contribution is 0.559. The van der Waals surface area contributed by atoms with Crippen molar-refractivity contribution in [3.8, 4) is 11.4 Å². The number of hydrogen-bond donors (Lipinski definition) is 1. The summed E-state index contributed by atoms with van der Waals surface area (Å²) in [5.41, 5.74) is 1.55. The molecule has 0 radical (unpaired) electrons. The third-order valence-electron chi connectivity index (χ3n) is 3.99. The van der Waals surface area contributed by atoms with Gasteiger partial charge in [-0.2, -0.15) is 0 Å². The smallest absolute Gasteiger partial charge is 0.336 e. The summed E-state index contributed by atoms with van der Waals surface area (Å²) >= 11 is 16.9. The van der Waals surface area contributed by atoms with Crippen molar-refractivity contribution in [2.24, 2.45) is 0 Å². The Kier molecular flexibility index (Phi) is 5.37. The molecule has 0 bridgehead atoms. The van der Waals surface area contributed by atoms with Crippen LogP contribution in [0.4, 0.5) is 0 Å². The van der Waals surface area contributed by atoms with Gasteiger partial charge in [0.2, 0.25) is 5.16 Å². The number of thioether (sulfide) groups is 1. The van der Waals surface area contributed by atoms with E-state index >= 15 is 0 Å². The van der Waals surface area contributed by atoms with E-state index in [1.807, 2.05) is 12.1 Å². The third kappa shape index (κ3) is 3.77. The zero-order chi connectivity index (χ0) is 19.8. The topological polar surface area (TPSA) is 86.9 Å². The van der Waals surface area contributed by atoms with Gasteiger partial charge in [-0.15, -0.1) is 10.2 Å². The number of halogens is 3. The molecule has 0 aliphatic rings. The minimum absolute atomic E-state index is 0.413. The van der Waals surface area contributed by atoms with Crippen LogP contribution in [0.3, 0.4) is 0 Å². The van der Waals surface area contributed by atoms with Crippen LogP contribution in [0.2, 0.25) is 10.0 Å². The molecule has 4 aromatic rings. The van der Waals surface area contributed by atoms with Crippen LogP contribution in [-0.4, -0.2) is 14.9 Å².